The number of nitrogens with one attached hydrogen (secondary N) is 2. The molecule has 2 aromatic carbocycles. The first-order valence-corrected chi connectivity index (χ1v) is 9.92. The van der Waals surface area contributed by atoms with Gasteiger partial charge in [-0.2, -0.15) is 5.10 Å². The van der Waals surface area contributed by atoms with Crippen molar-refractivity contribution in [2.45, 2.75) is 10.9 Å². The molecule has 0 aliphatic rings. The van der Waals surface area contributed by atoms with Crippen molar-refractivity contribution in [3.05, 3.63) is 75.3 Å². The highest BCUT2D eigenvalue weighted by atomic mass is 79.9. The van der Waals surface area contributed by atoms with E-state index in [0.29, 0.717) is 27.4 Å². The molecular formula is C18H13BrClN5S. The maximum absolute atomic E-state index is 8.63. The van der Waals surface area contributed by atoms with E-state index in [1.807, 2.05) is 53.1 Å². The molecule has 8 heteroatoms. The second kappa shape index (κ2) is 7.26. The van der Waals surface area contributed by atoms with Crippen molar-refractivity contribution in [1.29, 1.82) is 5.41 Å². The third-order valence-electron chi connectivity index (χ3n) is 3.90. The number of hydrogen-bond acceptors (Lipinski definition) is 4. The molecule has 4 aromatic rings. The summed E-state index contributed by atoms with van der Waals surface area (Å²) in [5.74, 6) is 0.655. The van der Waals surface area contributed by atoms with Gasteiger partial charge < -0.3 is 0 Å². The van der Waals surface area contributed by atoms with Gasteiger partial charge in [0.25, 0.3) is 0 Å². The second-order valence-corrected chi connectivity index (χ2v) is 7.83. The first kappa shape index (κ1) is 17.3. The summed E-state index contributed by atoms with van der Waals surface area (Å²) in [4.78, 5) is 4.67. The topological polar surface area (TPSA) is 70.3 Å². The lowest BCUT2D eigenvalue weighted by atomic mass is 10.2. The fourth-order valence-electron chi connectivity index (χ4n) is 2.58. The molecule has 130 valence electrons. The largest absolute Gasteiger partial charge is 0.283 e. The van der Waals surface area contributed by atoms with Gasteiger partial charge in [-0.25, -0.2) is 4.98 Å². The first-order valence-electron chi connectivity index (χ1n) is 7.76. The van der Waals surface area contributed by atoms with Gasteiger partial charge in [0, 0.05) is 20.9 Å². The smallest absolute Gasteiger partial charge is 0.176 e. The minimum atomic E-state index is 0.340. The van der Waals surface area contributed by atoms with Crippen LogP contribution in [0.15, 0.2) is 64.4 Å². The molecule has 0 amide bonds. The van der Waals surface area contributed by atoms with Crippen LogP contribution in [0.25, 0.3) is 16.7 Å². The first-order chi connectivity index (χ1) is 12.6. The normalized spacial score (nSPS) is 11.2. The zero-order chi connectivity index (χ0) is 18.1. The van der Waals surface area contributed by atoms with Crippen molar-refractivity contribution >= 4 is 50.3 Å². The molecule has 2 N–H and O–H groups in total. The Balaban J connectivity index is 1.82. The maximum Gasteiger partial charge on any atom is 0.176 e. The van der Waals surface area contributed by atoms with E-state index < -0.39 is 0 Å². The molecule has 0 atom stereocenters. The zero-order valence-corrected chi connectivity index (χ0v) is 16.6. The third-order valence-corrected chi connectivity index (χ3v) is 5.78. The fraction of sp³-hybridized carbons (Fsp3) is 0.0556. The van der Waals surface area contributed by atoms with Crippen molar-refractivity contribution in [3.63, 3.8) is 0 Å². The van der Waals surface area contributed by atoms with Crippen molar-refractivity contribution in [3.8, 4) is 5.69 Å². The number of thioether (sulfide) groups is 1. The van der Waals surface area contributed by atoms with Crippen LogP contribution in [0.1, 0.15) is 5.56 Å². The SMILES string of the molecule is N=c1c2cn[nH]c2nc(SCc2ccccc2Cl)n1-c1ccc(Br)cc1. The minimum absolute atomic E-state index is 0.340. The van der Waals surface area contributed by atoms with Crippen molar-refractivity contribution in [1.82, 2.24) is 19.7 Å². The summed E-state index contributed by atoms with van der Waals surface area (Å²) in [7, 11) is 0. The number of benzene rings is 2. The van der Waals surface area contributed by atoms with Crippen LogP contribution in [0, 0.1) is 5.41 Å². The van der Waals surface area contributed by atoms with Gasteiger partial charge in [0.05, 0.1) is 11.6 Å². The Bertz CT molecular complexity index is 1140. The standard InChI is InChI=1S/C18H13BrClN5S/c19-12-5-7-13(8-6-12)25-16(21)14-9-22-24-17(14)23-18(25)26-10-11-3-1-2-4-15(11)20/h1-9,21H,10H2,(H,22,24). The Morgan fingerprint density at radius 2 is 1.92 bits per heavy atom. The van der Waals surface area contributed by atoms with Gasteiger partial charge in [0.2, 0.25) is 0 Å². The van der Waals surface area contributed by atoms with Gasteiger partial charge in [0.15, 0.2) is 10.8 Å². The fourth-order valence-corrected chi connectivity index (χ4v) is 4.15. The number of nitrogens with zero attached hydrogens (tertiary/aromatic N) is 3. The molecular weight excluding hydrogens is 434 g/mol. The lowest BCUT2D eigenvalue weighted by Gasteiger charge is -2.13. The van der Waals surface area contributed by atoms with Crippen LogP contribution in [-0.2, 0) is 5.75 Å². The van der Waals surface area contributed by atoms with E-state index >= 15 is 0 Å². The summed E-state index contributed by atoms with van der Waals surface area (Å²) in [6, 6.07) is 15.6. The van der Waals surface area contributed by atoms with E-state index in [1.165, 1.54) is 11.8 Å². The Kier molecular flexibility index (Phi) is 4.84. The van der Waals surface area contributed by atoms with Crippen molar-refractivity contribution < 1.29 is 0 Å². The summed E-state index contributed by atoms with van der Waals surface area (Å²) in [5.41, 5.74) is 2.84. The van der Waals surface area contributed by atoms with Crippen molar-refractivity contribution in [2.24, 2.45) is 0 Å². The molecule has 2 aromatic heterocycles. The van der Waals surface area contributed by atoms with E-state index in [1.54, 1.807) is 6.20 Å². The van der Waals surface area contributed by atoms with Gasteiger partial charge >= 0.3 is 0 Å². The highest BCUT2D eigenvalue weighted by Gasteiger charge is 2.13. The Hall–Kier alpha value is -2.09. The van der Waals surface area contributed by atoms with Gasteiger partial charge in [0.1, 0.15) is 5.49 Å². The number of H-pyrrole nitrogens is 1. The van der Waals surface area contributed by atoms with Crippen LogP contribution >= 0.6 is 39.3 Å². The van der Waals surface area contributed by atoms with Crippen LogP contribution in [0.4, 0.5) is 0 Å². The van der Waals surface area contributed by atoms with E-state index in [9.17, 15) is 0 Å². The number of aromatic amines is 1. The quantitative estimate of drug-likeness (QED) is 0.345. The zero-order valence-electron chi connectivity index (χ0n) is 13.4. The van der Waals surface area contributed by atoms with E-state index in [0.717, 1.165) is 20.7 Å². The highest BCUT2D eigenvalue weighted by Crippen LogP contribution is 2.27. The molecule has 4 rings (SSSR count). The Morgan fingerprint density at radius 3 is 2.69 bits per heavy atom. The molecule has 0 saturated heterocycles. The van der Waals surface area contributed by atoms with Crippen LogP contribution < -0.4 is 5.49 Å². The molecule has 0 unspecified atom stereocenters. The number of fused-ring (bicyclic) bond motifs is 1. The second-order valence-electron chi connectivity index (χ2n) is 5.57. The Morgan fingerprint density at radius 1 is 1.15 bits per heavy atom. The molecule has 5 nitrogen and oxygen atoms in total. The number of halogens is 2. The molecule has 0 aliphatic carbocycles. The minimum Gasteiger partial charge on any atom is -0.283 e. The van der Waals surface area contributed by atoms with E-state index in [2.05, 4.69) is 31.1 Å². The summed E-state index contributed by atoms with van der Waals surface area (Å²) >= 11 is 11.3. The van der Waals surface area contributed by atoms with E-state index in [-0.39, 0.29) is 0 Å². The average molecular weight is 447 g/mol. The maximum atomic E-state index is 8.63. The molecule has 0 bridgehead atoms. The predicted octanol–water partition coefficient (Wildman–Crippen LogP) is 4.94. The van der Waals surface area contributed by atoms with Gasteiger partial charge in [-0.1, -0.05) is 57.5 Å². The van der Waals surface area contributed by atoms with Crippen LogP contribution in [0.3, 0.4) is 0 Å². The summed E-state index contributed by atoms with van der Waals surface area (Å²) in [5, 5.41) is 17.6. The monoisotopic (exact) mass is 445 g/mol. The molecule has 2 heterocycles. The van der Waals surface area contributed by atoms with Crippen LogP contribution in [-0.4, -0.2) is 19.7 Å². The molecule has 0 radical (unpaired) electrons. The number of aromatic nitrogens is 4. The molecule has 0 saturated carbocycles. The van der Waals surface area contributed by atoms with E-state index in [4.69, 9.17) is 17.0 Å². The van der Waals surface area contributed by atoms with Gasteiger partial charge in [-0.15, -0.1) is 0 Å². The number of hydrogen-bond donors (Lipinski definition) is 2. The highest BCUT2D eigenvalue weighted by molar-refractivity contribution is 9.10. The molecule has 0 fully saturated rings. The summed E-state index contributed by atoms with van der Waals surface area (Å²) < 4.78 is 2.81. The lowest BCUT2D eigenvalue weighted by molar-refractivity contribution is 0.787. The molecule has 26 heavy (non-hydrogen) atoms. The lowest BCUT2D eigenvalue weighted by Crippen LogP contribution is -2.21. The summed E-state index contributed by atoms with van der Waals surface area (Å²) in [6.45, 7) is 0. The molecule has 0 aliphatic heterocycles. The average Bonchev–Trinajstić information content (AvgIpc) is 3.11. The predicted molar refractivity (Wildman–Crippen MR) is 108 cm³/mol. The third kappa shape index (κ3) is 3.30. The van der Waals surface area contributed by atoms with Crippen LogP contribution in [0.5, 0.6) is 0 Å². The summed E-state index contributed by atoms with van der Waals surface area (Å²) in [6.07, 6.45) is 1.63. The van der Waals surface area contributed by atoms with Gasteiger partial charge in [-0.05, 0) is 35.9 Å². The van der Waals surface area contributed by atoms with Crippen LogP contribution in [0.2, 0.25) is 5.02 Å². The molecule has 0 spiro atoms. The number of rotatable bonds is 4. The van der Waals surface area contributed by atoms with Gasteiger partial charge in [-0.3, -0.25) is 15.1 Å². The Labute approximate surface area is 167 Å². The van der Waals surface area contributed by atoms with Crippen molar-refractivity contribution in [2.75, 3.05) is 0 Å².